The fourth-order valence-corrected chi connectivity index (χ4v) is 5.00. The van der Waals surface area contributed by atoms with Crippen LogP contribution in [0.1, 0.15) is 11.4 Å². The fraction of sp³-hybridized carbons (Fsp3) is 0.269. The second-order valence-corrected chi connectivity index (χ2v) is 8.75. The lowest BCUT2D eigenvalue weighted by Crippen LogP contribution is -2.47. The summed E-state index contributed by atoms with van der Waals surface area (Å²) in [4.78, 5) is 8.31. The normalized spacial score (nSPS) is 14.3. The van der Waals surface area contributed by atoms with Crippen LogP contribution in [0.3, 0.4) is 0 Å². The summed E-state index contributed by atoms with van der Waals surface area (Å²) in [5, 5.41) is 16.3. The van der Waals surface area contributed by atoms with Gasteiger partial charge in [0.05, 0.1) is 29.4 Å². The third-order valence-electron chi connectivity index (χ3n) is 6.61. The van der Waals surface area contributed by atoms with E-state index >= 15 is 0 Å². The van der Waals surface area contributed by atoms with Gasteiger partial charge in [0.15, 0.2) is 11.6 Å². The average Bonchev–Trinajstić information content (AvgIpc) is 3.43. The number of anilines is 2. The molecule has 1 aliphatic rings. The van der Waals surface area contributed by atoms with E-state index in [1.807, 2.05) is 36.7 Å². The van der Waals surface area contributed by atoms with E-state index in [1.165, 1.54) is 0 Å². The highest BCUT2D eigenvalue weighted by Crippen LogP contribution is 2.36. The summed E-state index contributed by atoms with van der Waals surface area (Å²) in [7, 11) is 1.72. The number of rotatable bonds is 4. The number of piperazine rings is 1. The quantitative estimate of drug-likeness (QED) is 0.439. The van der Waals surface area contributed by atoms with E-state index in [-0.39, 0.29) is 0 Å². The largest absolute Gasteiger partial charge is 0.495 e. The number of methoxy groups -OCH3 is 1. The number of H-pyrrole nitrogens is 1. The molecule has 0 bridgehead atoms. The second kappa shape index (κ2) is 8.06. The van der Waals surface area contributed by atoms with Gasteiger partial charge in [-0.3, -0.25) is 0 Å². The maximum Gasteiger partial charge on any atom is 0.200 e. The molecule has 0 radical (unpaired) electrons. The van der Waals surface area contributed by atoms with Crippen molar-refractivity contribution >= 4 is 33.3 Å². The predicted octanol–water partition coefficient (Wildman–Crippen LogP) is 4.25. The molecule has 1 fully saturated rings. The average molecular weight is 454 g/mol. The van der Waals surface area contributed by atoms with Gasteiger partial charge in [-0.15, -0.1) is 10.2 Å². The van der Waals surface area contributed by atoms with Gasteiger partial charge in [-0.1, -0.05) is 30.3 Å². The van der Waals surface area contributed by atoms with Crippen molar-refractivity contribution in [1.82, 2.24) is 25.0 Å². The molecule has 0 aliphatic carbocycles. The van der Waals surface area contributed by atoms with E-state index in [0.29, 0.717) is 0 Å². The lowest BCUT2D eigenvalue weighted by atomic mass is 10.1. The lowest BCUT2D eigenvalue weighted by molar-refractivity contribution is 0.413. The van der Waals surface area contributed by atoms with Crippen LogP contribution in [0, 0.1) is 13.8 Å². The Morgan fingerprint density at radius 2 is 1.56 bits per heavy atom. The minimum Gasteiger partial charge on any atom is -0.495 e. The first-order valence-electron chi connectivity index (χ1n) is 11.6. The maximum atomic E-state index is 5.58. The Bertz CT molecular complexity index is 1490. The van der Waals surface area contributed by atoms with Gasteiger partial charge >= 0.3 is 0 Å². The summed E-state index contributed by atoms with van der Waals surface area (Å²) in [6.45, 7) is 7.49. The van der Waals surface area contributed by atoms with Crippen LogP contribution < -0.4 is 14.5 Å². The van der Waals surface area contributed by atoms with Gasteiger partial charge in [0.1, 0.15) is 5.75 Å². The molecule has 4 heterocycles. The zero-order valence-electron chi connectivity index (χ0n) is 19.6. The number of aromatic nitrogens is 5. The van der Waals surface area contributed by atoms with Crippen LogP contribution >= 0.6 is 0 Å². The molecule has 2 aromatic carbocycles. The Hall–Kier alpha value is -4.07. The van der Waals surface area contributed by atoms with Crippen LogP contribution in [0.15, 0.2) is 54.6 Å². The monoisotopic (exact) mass is 453 g/mol. The Morgan fingerprint density at radius 3 is 2.32 bits per heavy atom. The standard InChI is InChI=1S/C26H27N7O/c1-17-16-18(2)33(30-17)26-24-23(19-8-4-5-9-20(19)27-24)25(28-29-26)32-14-12-31(13-15-32)21-10-6-7-11-22(21)34-3/h4-11,16,27H,12-15H2,1-3H3. The van der Waals surface area contributed by atoms with E-state index in [0.717, 1.165) is 82.4 Å². The van der Waals surface area contributed by atoms with Gasteiger partial charge in [-0.05, 0) is 38.1 Å². The van der Waals surface area contributed by atoms with E-state index in [1.54, 1.807) is 7.11 Å². The number of fused-ring (bicyclic) bond motifs is 3. The molecule has 1 aliphatic heterocycles. The minimum atomic E-state index is 0.730. The van der Waals surface area contributed by atoms with Crippen molar-refractivity contribution in [3.05, 3.63) is 66.0 Å². The number of ether oxygens (including phenoxy) is 1. The van der Waals surface area contributed by atoms with Crippen molar-refractivity contribution in [2.45, 2.75) is 13.8 Å². The first kappa shape index (κ1) is 20.5. The molecule has 172 valence electrons. The number of nitrogens with zero attached hydrogens (tertiary/aromatic N) is 6. The third-order valence-corrected chi connectivity index (χ3v) is 6.61. The number of hydrogen-bond acceptors (Lipinski definition) is 6. The van der Waals surface area contributed by atoms with Crippen LogP contribution in [0.25, 0.3) is 27.6 Å². The molecule has 0 spiro atoms. The summed E-state index contributed by atoms with van der Waals surface area (Å²) in [6, 6.07) is 18.6. The minimum absolute atomic E-state index is 0.730. The second-order valence-electron chi connectivity index (χ2n) is 8.75. The van der Waals surface area contributed by atoms with Crippen molar-refractivity contribution < 1.29 is 4.74 Å². The Kier molecular flexibility index (Phi) is 4.86. The van der Waals surface area contributed by atoms with E-state index < -0.39 is 0 Å². The summed E-state index contributed by atoms with van der Waals surface area (Å²) in [6.07, 6.45) is 0. The molecule has 0 atom stereocenters. The maximum absolute atomic E-state index is 5.58. The summed E-state index contributed by atoms with van der Waals surface area (Å²) in [5.41, 5.74) is 5.16. The first-order chi connectivity index (χ1) is 16.6. The highest BCUT2D eigenvalue weighted by molar-refractivity contribution is 6.14. The molecule has 3 aromatic heterocycles. The summed E-state index contributed by atoms with van der Waals surface area (Å²) >= 11 is 0. The van der Waals surface area contributed by atoms with Gasteiger partial charge in [-0.2, -0.15) is 5.10 Å². The topological polar surface area (TPSA) is 75.1 Å². The Labute approximate surface area is 197 Å². The molecule has 1 N–H and O–H groups in total. The Morgan fingerprint density at radius 1 is 0.853 bits per heavy atom. The van der Waals surface area contributed by atoms with Gasteiger partial charge in [-0.25, -0.2) is 4.68 Å². The van der Waals surface area contributed by atoms with Crippen molar-refractivity contribution in [2.75, 3.05) is 43.1 Å². The van der Waals surface area contributed by atoms with Crippen LogP contribution in [0.4, 0.5) is 11.5 Å². The first-order valence-corrected chi connectivity index (χ1v) is 11.6. The van der Waals surface area contributed by atoms with Gasteiger partial charge in [0, 0.05) is 42.8 Å². The van der Waals surface area contributed by atoms with Gasteiger partial charge < -0.3 is 19.5 Å². The number of hydrogen-bond donors (Lipinski definition) is 1. The molecule has 0 saturated carbocycles. The molecule has 1 saturated heterocycles. The lowest BCUT2D eigenvalue weighted by Gasteiger charge is -2.37. The number of benzene rings is 2. The molecule has 8 heteroatoms. The van der Waals surface area contributed by atoms with Crippen LogP contribution in [0.5, 0.6) is 5.75 Å². The van der Waals surface area contributed by atoms with Crippen LogP contribution in [-0.2, 0) is 0 Å². The Balaban J connectivity index is 1.41. The smallest absolute Gasteiger partial charge is 0.200 e. The SMILES string of the molecule is COc1ccccc1N1CCN(c2nnc(-n3nc(C)cc3C)c3[nH]c4ccccc4c23)CC1. The van der Waals surface area contributed by atoms with E-state index in [9.17, 15) is 0 Å². The number of aromatic amines is 1. The molecular weight excluding hydrogens is 426 g/mol. The van der Waals surface area contributed by atoms with Crippen molar-refractivity contribution in [1.29, 1.82) is 0 Å². The van der Waals surface area contributed by atoms with E-state index in [4.69, 9.17) is 9.84 Å². The number of para-hydroxylation sites is 3. The molecule has 6 rings (SSSR count). The highest BCUT2D eigenvalue weighted by Gasteiger charge is 2.25. The molecule has 8 nitrogen and oxygen atoms in total. The van der Waals surface area contributed by atoms with Crippen molar-refractivity contribution in [3.63, 3.8) is 0 Å². The van der Waals surface area contributed by atoms with E-state index in [2.05, 4.69) is 61.4 Å². The van der Waals surface area contributed by atoms with Crippen molar-refractivity contribution in [3.8, 4) is 11.6 Å². The molecule has 34 heavy (non-hydrogen) atoms. The molecular formula is C26H27N7O. The summed E-state index contributed by atoms with van der Waals surface area (Å²) in [5.74, 6) is 2.55. The summed E-state index contributed by atoms with van der Waals surface area (Å²) < 4.78 is 7.46. The highest BCUT2D eigenvalue weighted by atomic mass is 16.5. The van der Waals surface area contributed by atoms with Crippen molar-refractivity contribution in [2.24, 2.45) is 0 Å². The number of nitrogens with one attached hydrogen (secondary N) is 1. The van der Waals surface area contributed by atoms with Gasteiger partial charge in [0.2, 0.25) is 0 Å². The molecule has 5 aromatic rings. The fourth-order valence-electron chi connectivity index (χ4n) is 5.00. The zero-order chi connectivity index (χ0) is 23.2. The molecule has 0 amide bonds. The van der Waals surface area contributed by atoms with Crippen LogP contribution in [0.2, 0.25) is 0 Å². The number of aryl methyl sites for hydroxylation is 2. The van der Waals surface area contributed by atoms with Gasteiger partial charge in [0.25, 0.3) is 0 Å². The third kappa shape index (κ3) is 3.25. The zero-order valence-corrected chi connectivity index (χ0v) is 19.6. The predicted molar refractivity (Wildman–Crippen MR) is 135 cm³/mol. The molecule has 0 unspecified atom stereocenters. The van der Waals surface area contributed by atoms with Crippen LogP contribution in [-0.4, -0.2) is 58.3 Å².